The molecule has 2 aromatic rings. The first-order chi connectivity index (χ1) is 12.9. The molecule has 0 saturated carbocycles. The van der Waals surface area contributed by atoms with Gasteiger partial charge in [0.25, 0.3) is 0 Å². The molecule has 7 nitrogen and oxygen atoms in total. The maximum absolute atomic E-state index is 13.4. The Morgan fingerprint density at radius 2 is 1.89 bits per heavy atom. The number of alkyl halides is 3. The molecule has 2 aromatic carbocycles. The lowest BCUT2D eigenvalue weighted by Crippen LogP contribution is -2.14. The van der Waals surface area contributed by atoms with Gasteiger partial charge in [0.15, 0.2) is 9.84 Å². The number of ether oxygens (including phenoxy) is 1. The van der Waals surface area contributed by atoms with Crippen molar-refractivity contribution in [3.63, 3.8) is 0 Å². The van der Waals surface area contributed by atoms with E-state index in [1.807, 2.05) is 0 Å². The van der Waals surface area contributed by atoms with Gasteiger partial charge in [-0.2, -0.15) is 18.7 Å². The number of sulfone groups is 1. The first kappa shape index (κ1) is 21.4. The van der Waals surface area contributed by atoms with E-state index in [1.54, 1.807) is 13.0 Å². The normalized spacial score (nSPS) is 12.7. The lowest BCUT2D eigenvalue weighted by atomic mass is 10.1. The quantitative estimate of drug-likeness (QED) is 0.321. The monoisotopic (exact) mass is 414 g/mol. The van der Waals surface area contributed by atoms with E-state index in [0.29, 0.717) is 17.2 Å². The molecule has 3 N–H and O–H groups in total. The van der Waals surface area contributed by atoms with E-state index in [2.05, 4.69) is 10.3 Å². The third kappa shape index (κ3) is 5.52. The number of benzene rings is 2. The second-order valence-electron chi connectivity index (χ2n) is 6.05. The first-order valence-electron chi connectivity index (χ1n) is 7.78. The van der Waals surface area contributed by atoms with E-state index in [0.717, 1.165) is 18.4 Å². The molecule has 0 aliphatic rings. The van der Waals surface area contributed by atoms with Crippen LogP contribution in [0.25, 0.3) is 0 Å². The molecule has 0 saturated heterocycles. The fourth-order valence-electron chi connectivity index (χ4n) is 2.47. The molecule has 0 aliphatic carbocycles. The van der Waals surface area contributed by atoms with Crippen molar-refractivity contribution in [3.05, 3.63) is 53.1 Å². The highest BCUT2D eigenvalue weighted by atomic mass is 32.2. The summed E-state index contributed by atoms with van der Waals surface area (Å²) in [7, 11) is -3.81. The van der Waals surface area contributed by atoms with Crippen molar-refractivity contribution >= 4 is 15.7 Å². The molecular weight excluding hydrogens is 397 g/mol. The molecular formula is C17H17F3N4O3S. The second-order valence-corrected chi connectivity index (χ2v) is 8.07. The van der Waals surface area contributed by atoms with E-state index in [4.69, 9.17) is 16.0 Å². The number of hydrogen-bond donors (Lipinski definition) is 2. The van der Waals surface area contributed by atoms with Crippen LogP contribution in [0.2, 0.25) is 0 Å². The van der Waals surface area contributed by atoms with Gasteiger partial charge >= 0.3 is 6.18 Å². The molecule has 150 valence electrons. The Morgan fingerprint density at radius 1 is 1.21 bits per heavy atom. The fraction of sp³-hybridized carbons (Fsp3) is 0.235. The number of nitrogens with zero attached hydrogens (tertiary/aromatic N) is 2. The number of rotatable bonds is 6. The Bertz CT molecular complexity index is 1030. The maximum Gasteiger partial charge on any atom is 0.420 e. The van der Waals surface area contributed by atoms with Crippen molar-refractivity contribution in [1.82, 2.24) is 0 Å². The molecule has 0 heterocycles. The van der Waals surface area contributed by atoms with Crippen LogP contribution in [0, 0.1) is 12.5 Å². The van der Waals surface area contributed by atoms with E-state index in [9.17, 15) is 21.6 Å². The van der Waals surface area contributed by atoms with Gasteiger partial charge in [-0.05, 0) is 48.4 Å². The maximum atomic E-state index is 13.4. The van der Waals surface area contributed by atoms with Gasteiger partial charge in [0, 0.05) is 12.7 Å². The zero-order valence-electron chi connectivity index (χ0n) is 14.9. The lowest BCUT2D eigenvalue weighted by Gasteiger charge is -2.16. The summed E-state index contributed by atoms with van der Waals surface area (Å²) in [4.78, 5) is -0.458. The fourth-order valence-corrected chi connectivity index (χ4v) is 3.12. The van der Waals surface area contributed by atoms with Gasteiger partial charge in [-0.3, -0.25) is 0 Å². The Morgan fingerprint density at radius 3 is 2.46 bits per heavy atom. The van der Waals surface area contributed by atoms with Gasteiger partial charge < -0.3 is 10.5 Å². The highest BCUT2D eigenvalue weighted by Gasteiger charge is 2.35. The molecule has 0 amide bonds. The smallest absolute Gasteiger partial charge is 0.420 e. The number of nitrogens with one attached hydrogen (secondary N) is 1. The van der Waals surface area contributed by atoms with Gasteiger partial charge in [0.2, 0.25) is 0 Å². The Balaban J connectivity index is 2.46. The predicted octanol–water partition coefficient (Wildman–Crippen LogP) is 4.06. The number of aryl methyl sites for hydroxylation is 1. The highest BCUT2D eigenvalue weighted by Crippen LogP contribution is 2.39. The zero-order chi connectivity index (χ0) is 21.1. The summed E-state index contributed by atoms with van der Waals surface area (Å²) in [6.07, 6.45) is -3.86. The summed E-state index contributed by atoms with van der Waals surface area (Å²) < 4.78 is 68.8. The third-order valence-electron chi connectivity index (χ3n) is 3.59. The average Bonchev–Trinajstić information content (AvgIpc) is 2.52. The SMILES string of the molecule is Cc1cc(C/C(N)=N/N=N)cc(Oc2ccc(S(C)(=O)=O)cc2C(F)(F)F)c1. The Hall–Kier alpha value is -2.95. The van der Waals surface area contributed by atoms with Crippen LogP contribution in [-0.4, -0.2) is 20.5 Å². The second kappa shape index (κ2) is 7.97. The van der Waals surface area contributed by atoms with Crippen molar-refractivity contribution in [3.8, 4) is 11.5 Å². The number of halogens is 3. The van der Waals surface area contributed by atoms with Crippen molar-refractivity contribution < 1.29 is 26.3 Å². The molecule has 0 aliphatic heterocycles. The van der Waals surface area contributed by atoms with Crippen LogP contribution in [0.1, 0.15) is 16.7 Å². The number of hydrogen-bond acceptors (Lipinski definition) is 5. The zero-order valence-corrected chi connectivity index (χ0v) is 15.7. The molecule has 0 bridgehead atoms. The van der Waals surface area contributed by atoms with E-state index < -0.39 is 32.2 Å². The summed E-state index contributed by atoms with van der Waals surface area (Å²) in [5.41, 5.74) is 12.4. The van der Waals surface area contributed by atoms with Crippen molar-refractivity contribution in [2.24, 2.45) is 16.1 Å². The molecule has 11 heteroatoms. The minimum Gasteiger partial charge on any atom is -0.457 e. The van der Waals surface area contributed by atoms with Crippen molar-refractivity contribution in [2.75, 3.05) is 6.26 Å². The lowest BCUT2D eigenvalue weighted by molar-refractivity contribution is -0.138. The molecule has 2 rings (SSSR count). The van der Waals surface area contributed by atoms with E-state index >= 15 is 0 Å². The largest absolute Gasteiger partial charge is 0.457 e. The minimum atomic E-state index is -4.81. The summed E-state index contributed by atoms with van der Waals surface area (Å²) >= 11 is 0. The molecule has 28 heavy (non-hydrogen) atoms. The molecule has 0 atom stereocenters. The van der Waals surface area contributed by atoms with Crippen LogP contribution < -0.4 is 10.5 Å². The van der Waals surface area contributed by atoms with Crippen LogP contribution in [0.5, 0.6) is 11.5 Å². The number of nitrogens with two attached hydrogens (primary N) is 1. The molecule has 0 fully saturated rings. The summed E-state index contributed by atoms with van der Waals surface area (Å²) in [5, 5.41) is 6.20. The van der Waals surface area contributed by atoms with Crippen LogP contribution in [0.3, 0.4) is 0 Å². The van der Waals surface area contributed by atoms with Crippen molar-refractivity contribution in [1.29, 1.82) is 5.53 Å². The number of amidine groups is 1. The van der Waals surface area contributed by atoms with Gasteiger partial charge in [-0.1, -0.05) is 11.3 Å². The molecule has 0 unspecified atom stereocenters. The Kier molecular flexibility index (Phi) is 6.07. The molecule has 0 aromatic heterocycles. The summed E-state index contributed by atoms with van der Waals surface area (Å²) in [6, 6.07) is 7.30. The van der Waals surface area contributed by atoms with Gasteiger partial charge in [0.1, 0.15) is 17.3 Å². The Labute approximate surface area is 159 Å². The van der Waals surface area contributed by atoms with Gasteiger partial charge in [-0.15, -0.1) is 5.10 Å². The van der Waals surface area contributed by atoms with Gasteiger partial charge in [0.05, 0.1) is 10.5 Å². The predicted molar refractivity (Wildman–Crippen MR) is 96.3 cm³/mol. The standard InChI is InChI=1S/C17H17F3N4O3S/c1-10-5-11(8-16(21)23-24-22)7-12(6-10)27-15-4-3-13(28(2,25)26)9-14(15)17(18,19)20/h3-7,9H,8H2,1-2H3,(H3,21,22,23). The highest BCUT2D eigenvalue weighted by molar-refractivity contribution is 7.90. The molecule has 0 radical (unpaired) electrons. The summed E-state index contributed by atoms with van der Waals surface area (Å²) in [5.74, 6) is -0.359. The van der Waals surface area contributed by atoms with Crippen LogP contribution in [0.15, 0.2) is 51.6 Å². The van der Waals surface area contributed by atoms with Crippen LogP contribution in [-0.2, 0) is 22.4 Å². The van der Waals surface area contributed by atoms with Gasteiger partial charge in [-0.25, -0.2) is 8.42 Å². The molecule has 0 spiro atoms. The van der Waals surface area contributed by atoms with E-state index in [-0.39, 0.29) is 18.0 Å². The average molecular weight is 414 g/mol. The first-order valence-corrected chi connectivity index (χ1v) is 9.68. The summed E-state index contributed by atoms with van der Waals surface area (Å²) in [6.45, 7) is 1.72. The third-order valence-corrected chi connectivity index (χ3v) is 4.70. The minimum absolute atomic E-state index is 0.0556. The van der Waals surface area contributed by atoms with E-state index in [1.165, 1.54) is 12.1 Å². The topological polar surface area (TPSA) is 118 Å². The van der Waals surface area contributed by atoms with Crippen LogP contribution >= 0.6 is 0 Å². The van der Waals surface area contributed by atoms with Crippen LogP contribution in [0.4, 0.5) is 13.2 Å². The van der Waals surface area contributed by atoms with Crippen molar-refractivity contribution in [2.45, 2.75) is 24.4 Å².